The maximum Gasteiger partial charge on any atom is 0.323 e. The van der Waals surface area contributed by atoms with Crippen LogP contribution in [0.5, 0.6) is 0 Å². The van der Waals surface area contributed by atoms with E-state index >= 15 is 0 Å². The first-order valence-corrected chi connectivity index (χ1v) is 7.34. The van der Waals surface area contributed by atoms with Crippen molar-refractivity contribution in [2.24, 2.45) is 13.0 Å². The summed E-state index contributed by atoms with van der Waals surface area (Å²) in [7, 11) is 1.56. The second-order valence-corrected chi connectivity index (χ2v) is 5.44. The average Bonchev–Trinajstić information content (AvgIpc) is 2.87. The van der Waals surface area contributed by atoms with Gasteiger partial charge in [0.25, 0.3) is 5.91 Å². The van der Waals surface area contributed by atoms with Gasteiger partial charge in [-0.05, 0) is 42.8 Å². The first-order valence-electron chi connectivity index (χ1n) is 7.34. The van der Waals surface area contributed by atoms with Crippen molar-refractivity contribution in [1.29, 1.82) is 0 Å². The van der Waals surface area contributed by atoms with E-state index < -0.39 is 4.92 Å². The molecule has 2 heterocycles. The first kappa shape index (κ1) is 18.4. The summed E-state index contributed by atoms with van der Waals surface area (Å²) in [6.45, 7) is 5.48. The molecule has 0 aliphatic carbocycles. The van der Waals surface area contributed by atoms with Crippen LogP contribution in [0.2, 0.25) is 0 Å². The van der Waals surface area contributed by atoms with Crippen molar-refractivity contribution in [1.82, 2.24) is 14.8 Å². The van der Waals surface area contributed by atoms with Gasteiger partial charge in [-0.1, -0.05) is 6.92 Å². The van der Waals surface area contributed by atoms with Gasteiger partial charge in [0.2, 0.25) is 0 Å². The van der Waals surface area contributed by atoms with Gasteiger partial charge in [0.1, 0.15) is 0 Å². The van der Waals surface area contributed by atoms with Crippen molar-refractivity contribution >= 4 is 24.1 Å². The molecule has 0 spiro atoms. The Morgan fingerprint density at radius 2 is 2.05 bits per heavy atom. The summed E-state index contributed by atoms with van der Waals surface area (Å²) in [6, 6.07) is 2.91. The van der Waals surface area contributed by atoms with Crippen LogP contribution in [0.15, 0.2) is 12.1 Å². The molecule has 1 fully saturated rings. The summed E-state index contributed by atoms with van der Waals surface area (Å²) in [5, 5.41) is 14.2. The third kappa shape index (κ3) is 3.98. The molecule has 0 saturated carbocycles. The minimum Gasteiger partial charge on any atom is -0.358 e. The van der Waals surface area contributed by atoms with Crippen molar-refractivity contribution in [2.75, 3.05) is 26.2 Å². The molecule has 1 aliphatic heterocycles. The van der Waals surface area contributed by atoms with E-state index in [9.17, 15) is 14.9 Å². The number of nitrogens with one attached hydrogen (secondary N) is 1. The third-order valence-electron chi connectivity index (χ3n) is 4.09. The van der Waals surface area contributed by atoms with Crippen LogP contribution in [0.1, 0.15) is 30.3 Å². The summed E-state index contributed by atoms with van der Waals surface area (Å²) in [5.41, 5.74) is 0.381. The lowest BCUT2D eigenvalue weighted by Crippen LogP contribution is -2.41. The Bertz CT molecular complexity index is 524. The molecular weight excluding hydrogens is 308 g/mol. The highest BCUT2D eigenvalue weighted by Gasteiger charge is 2.28. The van der Waals surface area contributed by atoms with E-state index in [4.69, 9.17) is 0 Å². The van der Waals surface area contributed by atoms with E-state index in [-0.39, 0.29) is 24.1 Å². The van der Waals surface area contributed by atoms with Gasteiger partial charge in [-0.15, -0.1) is 12.4 Å². The van der Waals surface area contributed by atoms with Gasteiger partial charge >= 0.3 is 5.82 Å². The number of halogens is 1. The van der Waals surface area contributed by atoms with E-state index in [0.717, 1.165) is 25.9 Å². The molecule has 0 radical (unpaired) electrons. The Labute approximate surface area is 136 Å². The van der Waals surface area contributed by atoms with Crippen LogP contribution in [0.25, 0.3) is 0 Å². The molecule has 1 aliphatic rings. The highest BCUT2D eigenvalue weighted by molar-refractivity contribution is 5.93. The zero-order valence-electron chi connectivity index (χ0n) is 12.9. The fraction of sp³-hybridized carbons (Fsp3) is 0.643. The highest BCUT2D eigenvalue weighted by atomic mass is 35.5. The van der Waals surface area contributed by atoms with Crippen molar-refractivity contribution < 1.29 is 9.72 Å². The van der Waals surface area contributed by atoms with Crippen LogP contribution in [-0.4, -0.2) is 46.5 Å². The Hall–Kier alpha value is -1.60. The molecule has 1 N–H and O–H groups in total. The quantitative estimate of drug-likeness (QED) is 0.659. The molecule has 0 unspecified atom stereocenters. The lowest BCUT2D eigenvalue weighted by Gasteiger charge is -2.31. The normalized spacial score (nSPS) is 15.5. The number of carbonyl (C=O) groups excluding carboxylic acids is 1. The van der Waals surface area contributed by atoms with Gasteiger partial charge in [-0.2, -0.15) is 0 Å². The summed E-state index contributed by atoms with van der Waals surface area (Å²) >= 11 is 0. The van der Waals surface area contributed by atoms with E-state index in [0.29, 0.717) is 24.7 Å². The lowest BCUT2D eigenvalue weighted by molar-refractivity contribution is -0.391. The van der Waals surface area contributed by atoms with Crippen LogP contribution < -0.4 is 5.32 Å². The van der Waals surface area contributed by atoms with Gasteiger partial charge in [-0.25, -0.2) is 4.57 Å². The maximum atomic E-state index is 12.4. The van der Waals surface area contributed by atoms with Crippen molar-refractivity contribution in [3.05, 3.63) is 27.9 Å². The van der Waals surface area contributed by atoms with Gasteiger partial charge in [0, 0.05) is 19.2 Å². The van der Waals surface area contributed by atoms with Crippen LogP contribution in [0.4, 0.5) is 5.82 Å². The predicted octanol–water partition coefficient (Wildman–Crippen LogP) is 1.82. The molecule has 1 aromatic heterocycles. The Morgan fingerprint density at radius 1 is 1.41 bits per heavy atom. The molecule has 0 atom stereocenters. The molecule has 7 nitrogen and oxygen atoms in total. The van der Waals surface area contributed by atoms with Gasteiger partial charge in [0.05, 0.1) is 7.05 Å². The van der Waals surface area contributed by atoms with E-state index in [1.165, 1.54) is 16.7 Å². The Morgan fingerprint density at radius 3 is 2.55 bits per heavy atom. The topological polar surface area (TPSA) is 80.4 Å². The molecule has 1 saturated heterocycles. The smallest absolute Gasteiger partial charge is 0.323 e. The second kappa shape index (κ2) is 8.14. The summed E-state index contributed by atoms with van der Waals surface area (Å²) in [4.78, 5) is 24.6. The maximum absolute atomic E-state index is 12.4. The number of hydrogen-bond acceptors (Lipinski definition) is 4. The summed E-state index contributed by atoms with van der Waals surface area (Å²) in [5.74, 6) is 0.435. The molecule has 1 amide bonds. The Balaban J connectivity index is 0.00000242. The van der Waals surface area contributed by atoms with E-state index in [1.54, 1.807) is 11.9 Å². The average molecular weight is 331 g/mol. The Kier molecular flexibility index (Phi) is 6.83. The van der Waals surface area contributed by atoms with Crippen molar-refractivity contribution in [3.8, 4) is 0 Å². The van der Waals surface area contributed by atoms with Crippen LogP contribution in [0.3, 0.4) is 0 Å². The molecule has 0 bridgehead atoms. The number of rotatable bonds is 5. The monoisotopic (exact) mass is 330 g/mol. The number of aromatic nitrogens is 1. The first-order chi connectivity index (χ1) is 10.0. The summed E-state index contributed by atoms with van der Waals surface area (Å²) in [6.07, 6.45) is 1.95. The largest absolute Gasteiger partial charge is 0.358 e. The van der Waals surface area contributed by atoms with Gasteiger partial charge in [-0.3, -0.25) is 4.79 Å². The SMILES string of the molecule is CCNCC1CCN(C(=O)c2ccc([N+](=O)[O-])n2C)CC1.Cl. The minimum absolute atomic E-state index is 0. The number of likely N-dealkylation sites (tertiary alicyclic amines) is 1. The van der Waals surface area contributed by atoms with Crippen LogP contribution in [0, 0.1) is 16.0 Å². The van der Waals surface area contributed by atoms with Gasteiger partial charge in [0.15, 0.2) is 5.69 Å². The van der Waals surface area contributed by atoms with Crippen molar-refractivity contribution in [2.45, 2.75) is 19.8 Å². The summed E-state index contributed by atoms with van der Waals surface area (Å²) < 4.78 is 1.35. The van der Waals surface area contributed by atoms with Gasteiger partial charge < -0.3 is 20.3 Å². The fourth-order valence-electron chi connectivity index (χ4n) is 2.75. The number of nitro groups is 1. The number of carbonyl (C=O) groups is 1. The number of hydrogen-bond donors (Lipinski definition) is 1. The zero-order valence-corrected chi connectivity index (χ0v) is 13.8. The van der Waals surface area contributed by atoms with E-state index in [2.05, 4.69) is 12.2 Å². The minimum atomic E-state index is -0.473. The number of amides is 1. The molecule has 8 heteroatoms. The van der Waals surface area contributed by atoms with E-state index in [1.807, 2.05) is 0 Å². The second-order valence-electron chi connectivity index (χ2n) is 5.44. The molecule has 1 aromatic rings. The highest BCUT2D eigenvalue weighted by Crippen LogP contribution is 2.21. The molecule has 2 rings (SSSR count). The van der Waals surface area contributed by atoms with Crippen LogP contribution >= 0.6 is 12.4 Å². The molecular formula is C14H23ClN4O3. The fourth-order valence-corrected chi connectivity index (χ4v) is 2.75. The number of piperidine rings is 1. The predicted molar refractivity (Wildman–Crippen MR) is 86.5 cm³/mol. The standard InChI is InChI=1S/C14H22N4O3.ClH/c1-3-15-10-11-6-8-17(9-7-11)14(19)12-4-5-13(16(12)2)18(20)21;/h4-5,11,15H,3,6-10H2,1-2H3;1H. The van der Waals surface area contributed by atoms with Crippen molar-refractivity contribution in [3.63, 3.8) is 0 Å². The number of nitrogens with zero attached hydrogens (tertiary/aromatic N) is 3. The molecule has 124 valence electrons. The zero-order chi connectivity index (χ0) is 15.4. The van der Waals surface area contributed by atoms with Crippen LogP contribution in [-0.2, 0) is 7.05 Å². The molecule has 22 heavy (non-hydrogen) atoms. The molecule has 0 aromatic carbocycles. The lowest BCUT2D eigenvalue weighted by atomic mass is 9.96. The third-order valence-corrected chi connectivity index (χ3v) is 4.09.